The van der Waals surface area contributed by atoms with Crippen molar-refractivity contribution in [1.29, 1.82) is 0 Å². The average Bonchev–Trinajstić information content (AvgIpc) is 2.73. The molecule has 0 unspecified atom stereocenters. The Hall–Kier alpha value is -0.550. The van der Waals surface area contributed by atoms with Crippen molar-refractivity contribution in [1.82, 2.24) is 10.2 Å². The smallest absolute Gasteiger partial charge is 0.241 e. The lowest BCUT2D eigenvalue weighted by Gasteiger charge is -2.37. The van der Waals surface area contributed by atoms with Crippen molar-refractivity contribution in [2.24, 2.45) is 5.92 Å². The van der Waals surface area contributed by atoms with Gasteiger partial charge in [0.15, 0.2) is 5.78 Å². The molecule has 0 spiro atoms. The Bertz CT molecular complexity index is 332. The lowest BCUT2D eigenvalue weighted by Crippen LogP contribution is -2.56. The Balaban J connectivity index is 2.17. The van der Waals surface area contributed by atoms with E-state index >= 15 is 0 Å². The normalized spacial score (nSPS) is 33.1. The highest BCUT2D eigenvalue weighted by molar-refractivity contribution is 8.00. The van der Waals surface area contributed by atoms with Gasteiger partial charge in [-0.05, 0) is 19.9 Å². The summed E-state index contributed by atoms with van der Waals surface area (Å²) >= 11 is 1.75. The van der Waals surface area contributed by atoms with Crippen LogP contribution in [0.5, 0.6) is 0 Å². The number of carbonyl (C=O) groups excluding carboxylic acids is 2. The molecule has 2 heterocycles. The average molecular weight is 256 g/mol. The molecule has 1 N–H and O–H groups in total. The van der Waals surface area contributed by atoms with E-state index in [9.17, 15) is 9.59 Å². The number of carbonyl (C=O) groups is 2. The molecular formula is C12H20N2O2S. The van der Waals surface area contributed by atoms with Gasteiger partial charge in [0.2, 0.25) is 5.91 Å². The van der Waals surface area contributed by atoms with Gasteiger partial charge in [0.1, 0.15) is 6.04 Å². The molecule has 0 aliphatic carbocycles. The lowest BCUT2D eigenvalue weighted by molar-refractivity contribution is -0.143. The van der Waals surface area contributed by atoms with Crippen molar-refractivity contribution < 1.29 is 9.59 Å². The third kappa shape index (κ3) is 2.22. The number of ketones is 1. The molecule has 0 aromatic heterocycles. The SMILES string of the molecule is CN[C@@H]1CC[C@H]2SC[C@H](C(=O)C(C)C)N2C1=O. The van der Waals surface area contributed by atoms with Gasteiger partial charge < -0.3 is 10.2 Å². The molecule has 2 fully saturated rings. The molecule has 2 aliphatic heterocycles. The van der Waals surface area contributed by atoms with E-state index in [1.807, 2.05) is 25.8 Å². The van der Waals surface area contributed by atoms with E-state index in [1.54, 1.807) is 11.8 Å². The van der Waals surface area contributed by atoms with Gasteiger partial charge in [-0.1, -0.05) is 13.8 Å². The van der Waals surface area contributed by atoms with Crippen molar-refractivity contribution in [3.63, 3.8) is 0 Å². The summed E-state index contributed by atoms with van der Waals surface area (Å²) in [5.41, 5.74) is 0. The van der Waals surface area contributed by atoms with Crippen LogP contribution in [0.3, 0.4) is 0 Å². The van der Waals surface area contributed by atoms with Crippen LogP contribution in [0.25, 0.3) is 0 Å². The van der Waals surface area contributed by atoms with Crippen molar-refractivity contribution in [2.45, 2.75) is 44.1 Å². The molecular weight excluding hydrogens is 236 g/mol. The van der Waals surface area contributed by atoms with Crippen molar-refractivity contribution in [2.75, 3.05) is 12.8 Å². The predicted molar refractivity (Wildman–Crippen MR) is 68.8 cm³/mol. The number of hydrogen-bond acceptors (Lipinski definition) is 4. The van der Waals surface area contributed by atoms with E-state index in [4.69, 9.17) is 0 Å². The topological polar surface area (TPSA) is 49.4 Å². The van der Waals surface area contributed by atoms with Crippen LogP contribution in [0, 0.1) is 5.92 Å². The molecule has 2 saturated heterocycles. The number of likely N-dealkylation sites (N-methyl/N-ethyl adjacent to an activating group) is 1. The molecule has 4 nitrogen and oxygen atoms in total. The Labute approximate surface area is 106 Å². The standard InChI is InChI=1S/C12H20N2O2S/c1-7(2)11(15)9-6-17-10-5-4-8(13-3)12(16)14(9)10/h7-10,13H,4-6H2,1-3H3/t8-,9-,10-/m1/s1. The summed E-state index contributed by atoms with van der Waals surface area (Å²) in [6, 6.07) is -0.305. The minimum atomic E-state index is -0.200. The monoisotopic (exact) mass is 256 g/mol. The highest BCUT2D eigenvalue weighted by atomic mass is 32.2. The first-order valence-electron chi connectivity index (χ1n) is 6.21. The maximum Gasteiger partial charge on any atom is 0.241 e. The molecule has 96 valence electrons. The first kappa shape index (κ1) is 12.9. The third-order valence-electron chi connectivity index (χ3n) is 3.59. The molecule has 0 aromatic carbocycles. The van der Waals surface area contributed by atoms with Gasteiger partial charge in [0.25, 0.3) is 0 Å². The molecule has 1 amide bonds. The van der Waals surface area contributed by atoms with E-state index in [0.717, 1.165) is 18.6 Å². The fourth-order valence-corrected chi connectivity index (χ4v) is 4.01. The number of thioether (sulfide) groups is 1. The number of nitrogens with one attached hydrogen (secondary N) is 1. The largest absolute Gasteiger partial charge is 0.318 e. The van der Waals surface area contributed by atoms with Crippen molar-refractivity contribution in [3.8, 4) is 0 Å². The minimum absolute atomic E-state index is 0.00196. The zero-order valence-corrected chi connectivity index (χ0v) is 11.4. The van der Waals surface area contributed by atoms with Gasteiger partial charge in [-0.2, -0.15) is 0 Å². The van der Waals surface area contributed by atoms with E-state index in [-0.39, 0.29) is 35.1 Å². The zero-order chi connectivity index (χ0) is 12.6. The van der Waals surface area contributed by atoms with Crippen LogP contribution in [-0.4, -0.2) is 46.8 Å². The van der Waals surface area contributed by atoms with Crippen molar-refractivity contribution >= 4 is 23.5 Å². The second-order valence-corrected chi connectivity index (χ2v) is 6.24. The van der Waals surface area contributed by atoms with Crippen LogP contribution >= 0.6 is 11.8 Å². The predicted octanol–water partition coefficient (Wildman–Crippen LogP) is 0.863. The summed E-state index contributed by atoms with van der Waals surface area (Å²) in [4.78, 5) is 26.2. The van der Waals surface area contributed by atoms with Crippen LogP contribution < -0.4 is 5.32 Å². The number of hydrogen-bond donors (Lipinski definition) is 1. The second-order valence-electron chi connectivity index (χ2n) is 5.02. The maximum atomic E-state index is 12.3. The summed E-state index contributed by atoms with van der Waals surface area (Å²) in [5, 5.41) is 3.27. The quantitative estimate of drug-likeness (QED) is 0.814. The maximum absolute atomic E-state index is 12.3. The summed E-state index contributed by atoms with van der Waals surface area (Å²) in [6.45, 7) is 3.81. The summed E-state index contributed by atoms with van der Waals surface area (Å²) < 4.78 is 0. The Morgan fingerprint density at radius 3 is 2.76 bits per heavy atom. The highest BCUT2D eigenvalue weighted by Crippen LogP contribution is 2.37. The Morgan fingerprint density at radius 1 is 1.47 bits per heavy atom. The fourth-order valence-electron chi connectivity index (χ4n) is 2.57. The molecule has 5 heteroatoms. The number of amides is 1. The molecule has 17 heavy (non-hydrogen) atoms. The third-order valence-corrected chi connectivity index (χ3v) is 4.95. The van der Waals surface area contributed by atoms with Crippen LogP contribution in [0.1, 0.15) is 26.7 Å². The van der Waals surface area contributed by atoms with Gasteiger partial charge in [-0.25, -0.2) is 0 Å². The number of piperidine rings is 1. The van der Waals surface area contributed by atoms with E-state index in [0.29, 0.717) is 0 Å². The Morgan fingerprint density at radius 2 is 2.18 bits per heavy atom. The molecule has 0 saturated carbocycles. The van der Waals surface area contributed by atoms with Gasteiger partial charge in [-0.3, -0.25) is 9.59 Å². The molecule has 0 bridgehead atoms. The fraction of sp³-hybridized carbons (Fsp3) is 0.833. The van der Waals surface area contributed by atoms with Crippen LogP contribution in [0.4, 0.5) is 0 Å². The van der Waals surface area contributed by atoms with E-state index in [1.165, 1.54) is 0 Å². The number of fused-ring (bicyclic) bond motifs is 1. The van der Waals surface area contributed by atoms with Gasteiger partial charge in [0.05, 0.1) is 11.4 Å². The van der Waals surface area contributed by atoms with Crippen LogP contribution in [0.15, 0.2) is 0 Å². The second kappa shape index (κ2) is 4.98. The summed E-state index contributed by atoms with van der Waals surface area (Å²) in [6.07, 6.45) is 1.87. The molecule has 0 aromatic rings. The molecule has 3 atom stereocenters. The summed E-state index contributed by atoms with van der Waals surface area (Å²) in [5.74, 6) is 1.07. The number of rotatable bonds is 3. The zero-order valence-electron chi connectivity index (χ0n) is 10.6. The first-order valence-corrected chi connectivity index (χ1v) is 7.26. The summed E-state index contributed by atoms with van der Waals surface area (Å²) in [7, 11) is 1.81. The van der Waals surface area contributed by atoms with Crippen LogP contribution in [0.2, 0.25) is 0 Å². The molecule has 2 aliphatic rings. The van der Waals surface area contributed by atoms with E-state index in [2.05, 4.69) is 5.32 Å². The van der Waals surface area contributed by atoms with Gasteiger partial charge >= 0.3 is 0 Å². The molecule has 2 rings (SSSR count). The lowest BCUT2D eigenvalue weighted by atomic mass is 9.97. The minimum Gasteiger partial charge on any atom is -0.318 e. The van der Waals surface area contributed by atoms with Crippen molar-refractivity contribution in [3.05, 3.63) is 0 Å². The van der Waals surface area contributed by atoms with E-state index < -0.39 is 0 Å². The van der Waals surface area contributed by atoms with Gasteiger partial charge in [0, 0.05) is 11.7 Å². The Kier molecular flexibility index (Phi) is 3.78. The number of nitrogens with zero attached hydrogens (tertiary/aromatic N) is 1. The van der Waals surface area contributed by atoms with Crippen LogP contribution in [-0.2, 0) is 9.59 Å². The first-order chi connectivity index (χ1) is 8.06. The van der Waals surface area contributed by atoms with Gasteiger partial charge in [-0.15, -0.1) is 11.8 Å². The molecule has 0 radical (unpaired) electrons. The number of Topliss-reactive ketones (excluding diaryl/α,β-unsaturated/α-hetero) is 1. The highest BCUT2D eigenvalue weighted by Gasteiger charge is 2.46.